The molecule has 3 heteroatoms. The van der Waals surface area contributed by atoms with Gasteiger partial charge in [-0.2, -0.15) is 0 Å². The van der Waals surface area contributed by atoms with Crippen molar-refractivity contribution in [3.8, 4) is 0 Å². The Bertz CT molecular complexity index is 142. The summed E-state index contributed by atoms with van der Waals surface area (Å²) in [5.41, 5.74) is 0. The molecule has 0 unspecified atom stereocenters. The first-order valence-corrected chi connectivity index (χ1v) is 2.84. The van der Waals surface area contributed by atoms with E-state index in [1.54, 1.807) is 0 Å². The van der Waals surface area contributed by atoms with Gasteiger partial charge in [-0.05, 0) is 0 Å². The van der Waals surface area contributed by atoms with E-state index in [2.05, 4.69) is 24.1 Å². The second kappa shape index (κ2) is 4.21. The Labute approximate surface area is 59.9 Å². The molecule has 1 radical (unpaired) electrons. The summed E-state index contributed by atoms with van der Waals surface area (Å²) in [6.07, 6.45) is 1.49. The Morgan fingerprint density at radius 3 is 2.67 bits per heavy atom. The summed E-state index contributed by atoms with van der Waals surface area (Å²) < 4.78 is 0. The first kappa shape index (κ1) is 8.30. The van der Waals surface area contributed by atoms with Crippen molar-refractivity contribution in [3.63, 3.8) is 0 Å². The predicted molar refractivity (Wildman–Crippen MR) is 40.9 cm³/mol. The van der Waals surface area contributed by atoms with E-state index in [9.17, 15) is 4.79 Å². The predicted octanol–water partition coefficient (Wildman–Crippen LogP) is 0.840. The molecule has 0 aliphatic carbocycles. The zero-order valence-electron chi connectivity index (χ0n) is 5.18. The second-order valence-corrected chi connectivity index (χ2v) is 1.92. The van der Waals surface area contributed by atoms with Crippen LogP contribution < -0.4 is 5.32 Å². The van der Waals surface area contributed by atoms with Crippen LogP contribution in [0.15, 0.2) is 12.7 Å². The Balaban J connectivity index is 3.39. The minimum Gasteiger partial charge on any atom is -0.346 e. The zero-order chi connectivity index (χ0) is 7.28. The van der Waals surface area contributed by atoms with Crippen molar-refractivity contribution >= 4 is 23.0 Å². The van der Waals surface area contributed by atoms with Gasteiger partial charge in [0.05, 0.1) is 6.54 Å². The van der Waals surface area contributed by atoms with Crippen LogP contribution in [0.25, 0.3) is 0 Å². The Kier molecular flexibility index (Phi) is 3.88. The number of nitrogens with one attached hydrogen (secondary N) is 1. The molecule has 0 rings (SSSR count). The standard InChI is InChI=1S/C6H8NOS/c1-3-6(9)4-7-5(2)8/h3-4H,1H2,2H3,(H,7,8). The third-order valence-corrected chi connectivity index (χ3v) is 0.903. The van der Waals surface area contributed by atoms with Gasteiger partial charge in [0.25, 0.3) is 0 Å². The molecule has 0 aliphatic rings. The van der Waals surface area contributed by atoms with E-state index >= 15 is 0 Å². The van der Waals surface area contributed by atoms with Crippen LogP contribution in [0.2, 0.25) is 0 Å². The van der Waals surface area contributed by atoms with Gasteiger partial charge in [-0.15, -0.1) is 0 Å². The van der Waals surface area contributed by atoms with Gasteiger partial charge in [0.15, 0.2) is 0 Å². The number of hydrogen-bond donors (Lipinski definition) is 1. The number of carbonyl (C=O) groups is 1. The van der Waals surface area contributed by atoms with Crippen LogP contribution in [0.1, 0.15) is 6.92 Å². The van der Waals surface area contributed by atoms with E-state index in [1.807, 2.05) is 0 Å². The number of thiocarbonyl (C=S) groups is 1. The molecular formula is C6H8NOS. The summed E-state index contributed by atoms with van der Waals surface area (Å²) >= 11 is 4.69. The van der Waals surface area contributed by atoms with Crippen molar-refractivity contribution < 1.29 is 4.79 Å². The van der Waals surface area contributed by atoms with Crippen molar-refractivity contribution in [2.75, 3.05) is 0 Å². The van der Waals surface area contributed by atoms with Crippen molar-refractivity contribution in [2.24, 2.45) is 0 Å². The molecule has 0 fully saturated rings. The highest BCUT2D eigenvalue weighted by atomic mass is 32.1. The fourth-order valence-corrected chi connectivity index (χ4v) is 0.291. The SMILES string of the molecule is C=CC(=S)[CH]NC(C)=O. The summed E-state index contributed by atoms with van der Waals surface area (Å²) in [5, 5.41) is 2.42. The summed E-state index contributed by atoms with van der Waals surface area (Å²) in [5.74, 6) is -0.126. The molecule has 2 nitrogen and oxygen atoms in total. The summed E-state index contributed by atoms with van der Waals surface area (Å²) in [6, 6.07) is 0. The lowest BCUT2D eigenvalue weighted by atomic mass is 10.4. The zero-order valence-corrected chi connectivity index (χ0v) is 5.99. The maximum Gasteiger partial charge on any atom is 0.217 e. The van der Waals surface area contributed by atoms with Crippen LogP contribution in [-0.4, -0.2) is 10.8 Å². The van der Waals surface area contributed by atoms with Gasteiger partial charge in [-0.25, -0.2) is 0 Å². The van der Waals surface area contributed by atoms with E-state index in [4.69, 9.17) is 0 Å². The third kappa shape index (κ3) is 5.17. The maximum atomic E-state index is 10.2. The van der Waals surface area contributed by atoms with Crippen molar-refractivity contribution in [1.82, 2.24) is 5.32 Å². The molecule has 0 heterocycles. The molecule has 9 heavy (non-hydrogen) atoms. The van der Waals surface area contributed by atoms with E-state index in [1.165, 1.54) is 19.5 Å². The number of carbonyl (C=O) groups excluding carboxylic acids is 1. The van der Waals surface area contributed by atoms with Gasteiger partial charge in [-0.1, -0.05) is 24.9 Å². The van der Waals surface area contributed by atoms with Gasteiger partial charge in [0, 0.05) is 11.8 Å². The van der Waals surface area contributed by atoms with Crippen molar-refractivity contribution in [3.05, 3.63) is 19.2 Å². The van der Waals surface area contributed by atoms with Gasteiger partial charge >= 0.3 is 0 Å². The van der Waals surface area contributed by atoms with Gasteiger partial charge < -0.3 is 5.32 Å². The molecule has 0 saturated carbocycles. The minimum atomic E-state index is -0.126. The summed E-state index contributed by atoms with van der Waals surface area (Å²) in [7, 11) is 0. The van der Waals surface area contributed by atoms with E-state index in [-0.39, 0.29) is 5.91 Å². The smallest absolute Gasteiger partial charge is 0.217 e. The van der Waals surface area contributed by atoms with Crippen molar-refractivity contribution in [1.29, 1.82) is 0 Å². The molecule has 0 aromatic heterocycles. The minimum absolute atomic E-state index is 0.126. The van der Waals surface area contributed by atoms with Crippen LogP contribution in [0, 0.1) is 6.54 Å². The molecular weight excluding hydrogens is 134 g/mol. The van der Waals surface area contributed by atoms with E-state index in [0.29, 0.717) is 4.86 Å². The first-order chi connectivity index (χ1) is 4.16. The highest BCUT2D eigenvalue weighted by Crippen LogP contribution is 1.80. The second-order valence-electron chi connectivity index (χ2n) is 1.45. The summed E-state index contributed by atoms with van der Waals surface area (Å²) in [6.45, 7) is 6.27. The lowest BCUT2D eigenvalue weighted by molar-refractivity contribution is -0.118. The topological polar surface area (TPSA) is 29.1 Å². The number of rotatable bonds is 3. The Morgan fingerprint density at radius 2 is 2.33 bits per heavy atom. The molecule has 1 N–H and O–H groups in total. The lowest BCUT2D eigenvalue weighted by Gasteiger charge is -1.95. The average molecular weight is 142 g/mol. The highest BCUT2D eigenvalue weighted by Gasteiger charge is 1.91. The van der Waals surface area contributed by atoms with Gasteiger partial charge in [0.2, 0.25) is 5.91 Å². The largest absolute Gasteiger partial charge is 0.346 e. The molecule has 0 bridgehead atoms. The fourth-order valence-electron chi connectivity index (χ4n) is 0.232. The maximum absolute atomic E-state index is 10.2. The van der Waals surface area contributed by atoms with E-state index in [0.717, 1.165) is 0 Å². The van der Waals surface area contributed by atoms with Gasteiger partial charge in [-0.3, -0.25) is 4.79 Å². The number of amides is 1. The van der Waals surface area contributed by atoms with Crippen LogP contribution >= 0.6 is 12.2 Å². The van der Waals surface area contributed by atoms with Crippen LogP contribution in [0.5, 0.6) is 0 Å². The molecule has 1 amide bonds. The van der Waals surface area contributed by atoms with Crippen LogP contribution in [0.4, 0.5) is 0 Å². The van der Waals surface area contributed by atoms with Crippen LogP contribution in [0.3, 0.4) is 0 Å². The molecule has 0 atom stereocenters. The number of hydrogen-bond acceptors (Lipinski definition) is 2. The highest BCUT2D eigenvalue weighted by molar-refractivity contribution is 7.81. The molecule has 0 aliphatic heterocycles. The summed E-state index contributed by atoms with van der Waals surface area (Å²) in [4.78, 5) is 10.8. The monoisotopic (exact) mass is 142 g/mol. The molecule has 0 aromatic carbocycles. The molecule has 0 spiro atoms. The van der Waals surface area contributed by atoms with Crippen molar-refractivity contribution in [2.45, 2.75) is 6.92 Å². The first-order valence-electron chi connectivity index (χ1n) is 2.43. The van der Waals surface area contributed by atoms with Crippen LogP contribution in [-0.2, 0) is 4.79 Å². The molecule has 0 aromatic rings. The van der Waals surface area contributed by atoms with Gasteiger partial charge in [0.1, 0.15) is 0 Å². The normalized spacial score (nSPS) is 8.11. The quantitative estimate of drug-likeness (QED) is 0.467. The van der Waals surface area contributed by atoms with E-state index < -0.39 is 0 Å². The lowest BCUT2D eigenvalue weighted by Crippen LogP contribution is -2.19. The Morgan fingerprint density at radius 1 is 1.78 bits per heavy atom. The Hall–Kier alpha value is -0.700. The molecule has 49 valence electrons. The average Bonchev–Trinajstić information content (AvgIpc) is 1.83. The third-order valence-electron chi connectivity index (χ3n) is 0.619. The molecule has 0 saturated heterocycles. The fraction of sp³-hybridized carbons (Fsp3) is 0.167.